The molecular weight excluding hydrogens is 260 g/mol. The lowest BCUT2D eigenvalue weighted by Gasteiger charge is -2.22. The average molecular weight is 278 g/mol. The van der Waals surface area contributed by atoms with E-state index in [2.05, 4.69) is 10.6 Å². The Bertz CT molecular complexity index is 506. The number of carbonyl (C=O) groups excluding carboxylic acids is 2. The van der Waals surface area contributed by atoms with Gasteiger partial charge in [0.05, 0.1) is 25.8 Å². The van der Waals surface area contributed by atoms with Crippen LogP contribution < -0.4 is 20.1 Å². The van der Waals surface area contributed by atoms with Gasteiger partial charge >= 0.3 is 0 Å². The quantitative estimate of drug-likeness (QED) is 0.866. The fourth-order valence-corrected chi connectivity index (χ4v) is 2.09. The Morgan fingerprint density at radius 1 is 1.35 bits per heavy atom. The van der Waals surface area contributed by atoms with Crippen LogP contribution in [0.15, 0.2) is 18.2 Å². The molecule has 1 saturated heterocycles. The number of methoxy groups -OCH3 is 2. The van der Waals surface area contributed by atoms with Crippen molar-refractivity contribution < 1.29 is 19.1 Å². The van der Waals surface area contributed by atoms with Crippen LogP contribution in [0.25, 0.3) is 0 Å². The summed E-state index contributed by atoms with van der Waals surface area (Å²) < 4.78 is 10.3. The second-order valence-electron chi connectivity index (χ2n) is 4.60. The van der Waals surface area contributed by atoms with E-state index in [4.69, 9.17) is 9.47 Å². The molecule has 1 atom stereocenters. The van der Waals surface area contributed by atoms with Crippen molar-refractivity contribution in [2.45, 2.75) is 12.8 Å². The Balaban J connectivity index is 2.05. The first-order valence-electron chi connectivity index (χ1n) is 6.43. The third-order valence-electron chi connectivity index (χ3n) is 3.30. The van der Waals surface area contributed by atoms with Gasteiger partial charge in [-0.05, 0) is 18.6 Å². The largest absolute Gasteiger partial charge is 0.497 e. The maximum Gasteiger partial charge on any atom is 0.229 e. The fourth-order valence-electron chi connectivity index (χ4n) is 2.09. The van der Waals surface area contributed by atoms with Crippen molar-refractivity contribution in [3.05, 3.63) is 18.2 Å². The van der Waals surface area contributed by atoms with Crippen LogP contribution in [0.4, 0.5) is 5.69 Å². The molecule has 6 nitrogen and oxygen atoms in total. The molecule has 1 fully saturated rings. The smallest absolute Gasteiger partial charge is 0.229 e. The number of nitrogens with one attached hydrogen (secondary N) is 2. The average Bonchev–Trinajstić information content (AvgIpc) is 2.48. The number of piperidine rings is 1. The zero-order valence-electron chi connectivity index (χ0n) is 11.6. The number of carbonyl (C=O) groups is 2. The summed E-state index contributed by atoms with van der Waals surface area (Å²) in [6, 6.07) is 5.19. The van der Waals surface area contributed by atoms with Crippen LogP contribution in [0.2, 0.25) is 0 Å². The summed E-state index contributed by atoms with van der Waals surface area (Å²) in [6.07, 6.45) is 0.952. The number of anilines is 1. The molecule has 0 bridgehead atoms. The SMILES string of the molecule is COc1ccc(NC(=O)C2CCC(=O)NC2)c(OC)c1. The molecule has 2 amide bonds. The second-order valence-corrected chi connectivity index (χ2v) is 4.60. The summed E-state index contributed by atoms with van der Waals surface area (Å²) >= 11 is 0. The van der Waals surface area contributed by atoms with Gasteiger partial charge in [0.2, 0.25) is 11.8 Å². The van der Waals surface area contributed by atoms with E-state index in [-0.39, 0.29) is 17.7 Å². The summed E-state index contributed by atoms with van der Waals surface area (Å²) in [5.41, 5.74) is 0.593. The topological polar surface area (TPSA) is 76.7 Å². The third kappa shape index (κ3) is 3.20. The van der Waals surface area contributed by atoms with E-state index in [0.717, 1.165) is 0 Å². The van der Waals surface area contributed by atoms with Crippen molar-refractivity contribution in [3.63, 3.8) is 0 Å². The van der Waals surface area contributed by atoms with Gasteiger partial charge < -0.3 is 20.1 Å². The van der Waals surface area contributed by atoms with Gasteiger partial charge in [-0.1, -0.05) is 0 Å². The van der Waals surface area contributed by atoms with Crippen molar-refractivity contribution in [2.24, 2.45) is 5.92 Å². The summed E-state index contributed by atoms with van der Waals surface area (Å²) in [7, 11) is 3.10. The first kappa shape index (κ1) is 14.2. The van der Waals surface area contributed by atoms with E-state index in [1.807, 2.05) is 0 Å². The van der Waals surface area contributed by atoms with Gasteiger partial charge in [-0.15, -0.1) is 0 Å². The summed E-state index contributed by atoms with van der Waals surface area (Å²) in [4.78, 5) is 23.2. The zero-order valence-corrected chi connectivity index (χ0v) is 11.6. The van der Waals surface area contributed by atoms with Gasteiger partial charge in [0, 0.05) is 19.0 Å². The molecule has 0 spiro atoms. The molecule has 2 rings (SSSR count). The molecule has 2 N–H and O–H groups in total. The Kier molecular flexibility index (Phi) is 4.45. The van der Waals surface area contributed by atoms with E-state index in [1.54, 1.807) is 25.3 Å². The molecule has 1 heterocycles. The van der Waals surface area contributed by atoms with E-state index < -0.39 is 0 Å². The van der Waals surface area contributed by atoms with Gasteiger partial charge in [-0.2, -0.15) is 0 Å². The highest BCUT2D eigenvalue weighted by molar-refractivity contribution is 5.95. The number of rotatable bonds is 4. The van der Waals surface area contributed by atoms with Crippen molar-refractivity contribution >= 4 is 17.5 Å². The van der Waals surface area contributed by atoms with Crippen LogP contribution >= 0.6 is 0 Å². The highest BCUT2D eigenvalue weighted by Gasteiger charge is 2.25. The highest BCUT2D eigenvalue weighted by Crippen LogP contribution is 2.29. The lowest BCUT2D eigenvalue weighted by Crippen LogP contribution is -2.40. The monoisotopic (exact) mass is 278 g/mol. The molecule has 0 aromatic heterocycles. The summed E-state index contributed by atoms with van der Waals surface area (Å²) in [5, 5.41) is 5.52. The number of hydrogen-bond donors (Lipinski definition) is 2. The molecule has 1 aliphatic heterocycles. The van der Waals surface area contributed by atoms with Crippen molar-refractivity contribution in [1.29, 1.82) is 0 Å². The normalized spacial score (nSPS) is 18.1. The van der Waals surface area contributed by atoms with E-state index in [9.17, 15) is 9.59 Å². The molecule has 1 aromatic carbocycles. The number of hydrogen-bond acceptors (Lipinski definition) is 4. The van der Waals surface area contributed by atoms with Gasteiger partial charge in [0.25, 0.3) is 0 Å². The van der Waals surface area contributed by atoms with Gasteiger partial charge in [-0.25, -0.2) is 0 Å². The molecule has 0 saturated carbocycles. The van der Waals surface area contributed by atoms with Crippen LogP contribution in [-0.4, -0.2) is 32.6 Å². The number of benzene rings is 1. The van der Waals surface area contributed by atoms with Crippen LogP contribution in [-0.2, 0) is 9.59 Å². The van der Waals surface area contributed by atoms with Gasteiger partial charge in [0.15, 0.2) is 0 Å². The van der Waals surface area contributed by atoms with Crippen LogP contribution in [0.1, 0.15) is 12.8 Å². The molecule has 0 aliphatic carbocycles. The minimum atomic E-state index is -0.209. The first-order valence-corrected chi connectivity index (χ1v) is 6.43. The first-order chi connectivity index (χ1) is 9.63. The van der Waals surface area contributed by atoms with E-state index >= 15 is 0 Å². The second kappa shape index (κ2) is 6.27. The maximum atomic E-state index is 12.1. The zero-order chi connectivity index (χ0) is 14.5. The predicted molar refractivity (Wildman–Crippen MR) is 73.9 cm³/mol. The fraction of sp³-hybridized carbons (Fsp3) is 0.429. The van der Waals surface area contributed by atoms with Crippen molar-refractivity contribution in [2.75, 3.05) is 26.1 Å². The van der Waals surface area contributed by atoms with Crippen molar-refractivity contribution in [1.82, 2.24) is 5.32 Å². The Labute approximate surface area is 117 Å². The molecule has 1 unspecified atom stereocenters. The predicted octanol–water partition coefficient (Wildman–Crippen LogP) is 1.17. The van der Waals surface area contributed by atoms with Crippen LogP contribution in [0.5, 0.6) is 11.5 Å². The van der Waals surface area contributed by atoms with Gasteiger partial charge in [0.1, 0.15) is 11.5 Å². The number of amides is 2. The lowest BCUT2D eigenvalue weighted by molar-refractivity contribution is -0.126. The minimum absolute atomic E-state index is 0.00363. The van der Waals surface area contributed by atoms with Crippen molar-refractivity contribution in [3.8, 4) is 11.5 Å². The Morgan fingerprint density at radius 3 is 2.75 bits per heavy atom. The molecular formula is C14H18N2O4. The molecule has 108 valence electrons. The molecule has 0 radical (unpaired) electrons. The molecule has 20 heavy (non-hydrogen) atoms. The highest BCUT2D eigenvalue weighted by atomic mass is 16.5. The minimum Gasteiger partial charge on any atom is -0.497 e. The van der Waals surface area contributed by atoms with Crippen LogP contribution in [0.3, 0.4) is 0 Å². The van der Waals surface area contributed by atoms with E-state index in [0.29, 0.717) is 36.6 Å². The van der Waals surface area contributed by atoms with E-state index in [1.165, 1.54) is 7.11 Å². The molecule has 1 aromatic rings. The summed E-state index contributed by atoms with van der Waals surface area (Å²) in [6.45, 7) is 0.378. The third-order valence-corrected chi connectivity index (χ3v) is 3.30. The Morgan fingerprint density at radius 2 is 2.15 bits per heavy atom. The molecule has 1 aliphatic rings. The van der Waals surface area contributed by atoms with Gasteiger partial charge in [-0.3, -0.25) is 9.59 Å². The maximum absolute atomic E-state index is 12.1. The lowest BCUT2D eigenvalue weighted by atomic mass is 9.98. The molecule has 6 heteroatoms. The van der Waals surface area contributed by atoms with Crippen LogP contribution in [0, 0.1) is 5.92 Å². The number of ether oxygens (including phenoxy) is 2. The summed E-state index contributed by atoms with van der Waals surface area (Å²) in [5.74, 6) is 0.867. The Hall–Kier alpha value is -2.24. The standard InChI is InChI=1S/C14H18N2O4/c1-19-10-4-5-11(12(7-10)20-2)16-14(18)9-3-6-13(17)15-8-9/h4-5,7,9H,3,6,8H2,1-2H3,(H,15,17)(H,16,18).